The fourth-order valence-electron chi connectivity index (χ4n) is 1.09. The van der Waals surface area contributed by atoms with Crippen molar-refractivity contribution in [2.24, 2.45) is 0 Å². The Kier molecular flexibility index (Phi) is 3.62. The monoisotopic (exact) mass is 211 g/mol. The van der Waals surface area contributed by atoms with Crippen LogP contribution in [0.25, 0.3) is 11.1 Å². The van der Waals surface area contributed by atoms with E-state index in [2.05, 4.69) is 9.97 Å². The second-order valence-corrected chi connectivity index (χ2v) is 2.47. The van der Waals surface area contributed by atoms with E-state index in [1.807, 2.05) is 24.3 Å². The summed E-state index contributed by atoms with van der Waals surface area (Å²) in [6.07, 6.45) is 7.15. The molecule has 0 saturated carbocycles. The van der Waals surface area contributed by atoms with Gasteiger partial charge < -0.3 is 0 Å². The summed E-state index contributed by atoms with van der Waals surface area (Å²) in [6.45, 7) is 0. The molecule has 0 unspecified atom stereocenters. The first kappa shape index (κ1) is 9.90. The molecule has 1 radical (unpaired) electrons. The average Bonchev–Trinajstić information content (AvgIpc) is 2.21. The summed E-state index contributed by atoms with van der Waals surface area (Å²) in [7, 11) is 0. The molecule has 0 aliphatic heterocycles. The summed E-state index contributed by atoms with van der Waals surface area (Å²) in [5.74, 6) is 0. The smallest absolute Gasteiger partial charge is 0.0273 e. The molecule has 0 aromatic carbocycles. The summed E-state index contributed by atoms with van der Waals surface area (Å²) >= 11 is 0. The minimum Gasteiger partial charge on any atom is -0.265 e. The van der Waals surface area contributed by atoms with Crippen LogP contribution >= 0.6 is 0 Å². The Balaban J connectivity index is 0.000000845. The van der Waals surface area contributed by atoms with Gasteiger partial charge in [-0.1, -0.05) is 0 Å². The van der Waals surface area contributed by atoms with Gasteiger partial charge in [0.1, 0.15) is 0 Å². The molecule has 0 bridgehead atoms. The first-order chi connectivity index (χ1) is 5.97. The van der Waals surface area contributed by atoms with Gasteiger partial charge in [0.15, 0.2) is 0 Å². The molecule has 2 aromatic rings. The van der Waals surface area contributed by atoms with Crippen LogP contribution in [0, 0.1) is 0 Å². The molecule has 2 rings (SSSR count). The Morgan fingerprint density at radius 1 is 0.615 bits per heavy atom. The van der Waals surface area contributed by atoms with Crippen molar-refractivity contribution in [2.45, 2.75) is 0 Å². The number of rotatable bonds is 1. The molecule has 2 aromatic heterocycles. The predicted octanol–water partition coefficient (Wildman–Crippen LogP) is 2.14. The van der Waals surface area contributed by atoms with Crippen LogP contribution in [0.2, 0.25) is 0 Å². The van der Waals surface area contributed by atoms with E-state index in [1.165, 1.54) is 11.1 Å². The van der Waals surface area contributed by atoms with Crippen LogP contribution in [-0.2, 0) is 17.1 Å². The van der Waals surface area contributed by atoms with Crippen molar-refractivity contribution in [1.29, 1.82) is 0 Å². The van der Waals surface area contributed by atoms with E-state index in [0.29, 0.717) is 0 Å². The minimum absolute atomic E-state index is 0. The van der Waals surface area contributed by atoms with Gasteiger partial charge in [0, 0.05) is 41.9 Å². The van der Waals surface area contributed by atoms with Crippen LogP contribution in [0.1, 0.15) is 0 Å². The molecule has 0 saturated heterocycles. The topological polar surface area (TPSA) is 25.8 Å². The van der Waals surface area contributed by atoms with Crippen LogP contribution in [0.5, 0.6) is 0 Å². The van der Waals surface area contributed by atoms with Crippen LogP contribution in [0.15, 0.2) is 49.1 Å². The van der Waals surface area contributed by atoms with E-state index in [0.717, 1.165) is 0 Å². The van der Waals surface area contributed by atoms with Crippen LogP contribution < -0.4 is 0 Å². The van der Waals surface area contributed by atoms with Gasteiger partial charge in [0.05, 0.1) is 0 Å². The fraction of sp³-hybridized carbons (Fsp3) is 0. The Labute approximate surface area is 87.5 Å². The van der Waals surface area contributed by atoms with Crippen molar-refractivity contribution in [3.8, 4) is 11.1 Å². The maximum Gasteiger partial charge on any atom is 0.0273 e. The SMILES string of the molecule is [Mn].c1cc(-c2ccncc2)ccn1. The van der Waals surface area contributed by atoms with Gasteiger partial charge in [0.25, 0.3) is 0 Å². The number of hydrogen-bond acceptors (Lipinski definition) is 2. The largest absolute Gasteiger partial charge is 0.265 e. The molecule has 0 N–H and O–H groups in total. The zero-order valence-electron chi connectivity index (χ0n) is 6.89. The molecule has 3 heteroatoms. The summed E-state index contributed by atoms with van der Waals surface area (Å²) in [5.41, 5.74) is 2.35. The van der Waals surface area contributed by atoms with Crippen molar-refractivity contribution < 1.29 is 17.1 Å². The van der Waals surface area contributed by atoms with E-state index in [9.17, 15) is 0 Å². The van der Waals surface area contributed by atoms with E-state index in [1.54, 1.807) is 24.8 Å². The van der Waals surface area contributed by atoms with Gasteiger partial charge in [-0.15, -0.1) is 0 Å². The summed E-state index contributed by atoms with van der Waals surface area (Å²) in [5, 5.41) is 0. The maximum atomic E-state index is 3.96. The molecule has 0 atom stereocenters. The average molecular weight is 211 g/mol. The van der Waals surface area contributed by atoms with Gasteiger partial charge in [0.2, 0.25) is 0 Å². The van der Waals surface area contributed by atoms with E-state index < -0.39 is 0 Å². The second-order valence-electron chi connectivity index (χ2n) is 2.47. The molecule has 0 aliphatic carbocycles. The molecule has 0 spiro atoms. The zero-order valence-corrected chi connectivity index (χ0v) is 8.07. The molecule has 65 valence electrons. The van der Waals surface area contributed by atoms with Gasteiger partial charge in [-0.3, -0.25) is 9.97 Å². The molecular weight excluding hydrogens is 203 g/mol. The van der Waals surface area contributed by atoms with Crippen molar-refractivity contribution in [3.63, 3.8) is 0 Å². The van der Waals surface area contributed by atoms with Gasteiger partial charge >= 0.3 is 0 Å². The molecule has 2 nitrogen and oxygen atoms in total. The standard InChI is InChI=1S/C10H8N2.Mn/c1-5-11-6-2-9(1)10-3-7-12-8-4-10;/h1-8H;. The molecule has 0 aliphatic rings. The summed E-state index contributed by atoms with van der Waals surface area (Å²) in [4.78, 5) is 7.91. The zero-order chi connectivity index (χ0) is 8.23. The maximum absolute atomic E-state index is 3.96. The number of nitrogens with zero attached hydrogens (tertiary/aromatic N) is 2. The van der Waals surface area contributed by atoms with Crippen LogP contribution in [0.3, 0.4) is 0 Å². The fourth-order valence-corrected chi connectivity index (χ4v) is 1.09. The third-order valence-corrected chi connectivity index (χ3v) is 1.69. The third kappa shape index (κ3) is 2.38. The Bertz CT molecular complexity index is 310. The third-order valence-electron chi connectivity index (χ3n) is 1.69. The Hall–Kier alpha value is -1.18. The first-order valence-electron chi connectivity index (χ1n) is 3.77. The normalized spacial score (nSPS) is 8.92. The molecule has 0 fully saturated rings. The second kappa shape index (κ2) is 4.75. The summed E-state index contributed by atoms with van der Waals surface area (Å²) in [6, 6.07) is 7.93. The van der Waals surface area contributed by atoms with E-state index in [-0.39, 0.29) is 17.1 Å². The number of aromatic nitrogens is 2. The molecule has 2 heterocycles. The van der Waals surface area contributed by atoms with Crippen molar-refractivity contribution in [1.82, 2.24) is 9.97 Å². The number of hydrogen-bond donors (Lipinski definition) is 0. The molecular formula is C10H8MnN2. The van der Waals surface area contributed by atoms with Crippen molar-refractivity contribution >= 4 is 0 Å². The van der Waals surface area contributed by atoms with Gasteiger partial charge in [-0.25, -0.2) is 0 Å². The van der Waals surface area contributed by atoms with E-state index in [4.69, 9.17) is 0 Å². The molecule has 0 amide bonds. The number of pyridine rings is 2. The molecule has 13 heavy (non-hydrogen) atoms. The summed E-state index contributed by atoms with van der Waals surface area (Å²) < 4.78 is 0. The Morgan fingerprint density at radius 3 is 1.23 bits per heavy atom. The Morgan fingerprint density at radius 2 is 0.923 bits per heavy atom. The van der Waals surface area contributed by atoms with Crippen LogP contribution in [0.4, 0.5) is 0 Å². The van der Waals surface area contributed by atoms with Gasteiger partial charge in [-0.05, 0) is 35.4 Å². The van der Waals surface area contributed by atoms with E-state index >= 15 is 0 Å². The van der Waals surface area contributed by atoms with Crippen LogP contribution in [-0.4, -0.2) is 9.97 Å². The quantitative estimate of drug-likeness (QED) is 0.675. The predicted molar refractivity (Wildman–Crippen MR) is 47.5 cm³/mol. The first-order valence-corrected chi connectivity index (χ1v) is 3.77. The van der Waals surface area contributed by atoms with Crippen molar-refractivity contribution in [2.75, 3.05) is 0 Å². The minimum atomic E-state index is 0. The van der Waals surface area contributed by atoms with Crippen molar-refractivity contribution in [3.05, 3.63) is 49.1 Å². The van der Waals surface area contributed by atoms with Gasteiger partial charge in [-0.2, -0.15) is 0 Å².